The minimum Gasteiger partial charge on any atom is -0.330 e. The molecule has 1 atom stereocenters. The van der Waals surface area contributed by atoms with E-state index in [-0.39, 0.29) is 0 Å². The van der Waals surface area contributed by atoms with Gasteiger partial charge in [0, 0.05) is 6.54 Å². The fraction of sp³-hybridized carbons (Fsp3) is 0.684. The molecule has 0 bridgehead atoms. The van der Waals surface area contributed by atoms with Gasteiger partial charge in [-0.2, -0.15) is 0 Å². The van der Waals surface area contributed by atoms with E-state index in [4.69, 9.17) is 5.73 Å². The molecule has 0 spiro atoms. The van der Waals surface area contributed by atoms with Crippen molar-refractivity contribution in [3.63, 3.8) is 0 Å². The lowest BCUT2D eigenvalue weighted by Gasteiger charge is -2.34. The zero-order chi connectivity index (χ0) is 15.1. The molecule has 1 heterocycles. The van der Waals surface area contributed by atoms with Crippen LogP contribution in [0.1, 0.15) is 38.7 Å². The molecule has 2 rings (SSSR count). The lowest BCUT2D eigenvalue weighted by Crippen LogP contribution is -2.39. The molecule has 1 fully saturated rings. The van der Waals surface area contributed by atoms with Gasteiger partial charge in [-0.15, -0.1) is 0 Å². The second-order valence-electron chi connectivity index (χ2n) is 7.16. The van der Waals surface area contributed by atoms with E-state index >= 15 is 0 Å². The van der Waals surface area contributed by atoms with E-state index in [1.807, 2.05) is 0 Å². The summed E-state index contributed by atoms with van der Waals surface area (Å²) in [6, 6.07) is 10.9. The number of rotatable bonds is 7. The summed E-state index contributed by atoms with van der Waals surface area (Å²) >= 11 is 0. The molecule has 118 valence electrons. The Morgan fingerprint density at radius 3 is 2.38 bits per heavy atom. The van der Waals surface area contributed by atoms with Crippen LogP contribution in [0.2, 0.25) is 0 Å². The summed E-state index contributed by atoms with van der Waals surface area (Å²) < 4.78 is 0. The van der Waals surface area contributed by atoms with Crippen LogP contribution in [0.15, 0.2) is 30.3 Å². The smallest absolute Gasteiger partial charge is 0.00218 e. The average Bonchev–Trinajstić information content (AvgIpc) is 2.49. The highest BCUT2D eigenvalue weighted by Gasteiger charge is 2.21. The van der Waals surface area contributed by atoms with Crippen molar-refractivity contribution in [3.8, 4) is 0 Å². The molecule has 1 aliphatic heterocycles. The molecular weight excluding hydrogens is 256 g/mol. The highest BCUT2D eigenvalue weighted by atomic mass is 15.1. The topological polar surface area (TPSA) is 29.3 Å². The molecule has 2 nitrogen and oxygen atoms in total. The molecule has 1 aliphatic rings. The Hall–Kier alpha value is -0.860. The van der Waals surface area contributed by atoms with E-state index in [0.717, 1.165) is 18.4 Å². The fourth-order valence-electron chi connectivity index (χ4n) is 3.60. The molecule has 2 heteroatoms. The number of nitrogens with two attached hydrogens (primary N) is 1. The number of nitrogens with zero attached hydrogens (tertiary/aromatic N) is 1. The van der Waals surface area contributed by atoms with Crippen molar-refractivity contribution in [2.75, 3.05) is 26.2 Å². The van der Waals surface area contributed by atoms with Crippen molar-refractivity contribution in [3.05, 3.63) is 35.9 Å². The number of likely N-dealkylation sites (tertiary alicyclic amines) is 1. The lowest BCUT2D eigenvalue weighted by molar-refractivity contribution is 0.154. The van der Waals surface area contributed by atoms with Crippen LogP contribution in [0.4, 0.5) is 0 Å². The Morgan fingerprint density at radius 1 is 1.14 bits per heavy atom. The minimum absolute atomic E-state index is 0.677. The summed E-state index contributed by atoms with van der Waals surface area (Å²) in [5.41, 5.74) is 7.44. The molecule has 1 saturated heterocycles. The first-order valence-corrected chi connectivity index (χ1v) is 8.63. The SMILES string of the molecule is CC(C)CC(CN)CN1CCC(Cc2ccccc2)CC1. The van der Waals surface area contributed by atoms with E-state index in [0.29, 0.717) is 5.92 Å². The van der Waals surface area contributed by atoms with Crippen LogP contribution in [0.3, 0.4) is 0 Å². The van der Waals surface area contributed by atoms with Crippen molar-refractivity contribution >= 4 is 0 Å². The van der Waals surface area contributed by atoms with Crippen LogP contribution < -0.4 is 5.73 Å². The van der Waals surface area contributed by atoms with Crippen LogP contribution in [0.25, 0.3) is 0 Å². The van der Waals surface area contributed by atoms with Gasteiger partial charge in [-0.25, -0.2) is 0 Å². The van der Waals surface area contributed by atoms with E-state index < -0.39 is 0 Å². The summed E-state index contributed by atoms with van der Waals surface area (Å²) in [6.45, 7) is 9.15. The van der Waals surface area contributed by atoms with Gasteiger partial charge in [-0.1, -0.05) is 44.2 Å². The fourth-order valence-corrected chi connectivity index (χ4v) is 3.60. The van der Waals surface area contributed by atoms with Gasteiger partial charge in [0.05, 0.1) is 0 Å². The third kappa shape index (κ3) is 5.80. The molecule has 0 aromatic heterocycles. The lowest BCUT2D eigenvalue weighted by atomic mass is 9.89. The quantitative estimate of drug-likeness (QED) is 0.831. The predicted octanol–water partition coefficient (Wildman–Crippen LogP) is 3.56. The molecule has 1 unspecified atom stereocenters. The highest BCUT2D eigenvalue weighted by molar-refractivity contribution is 5.15. The number of hydrogen-bond acceptors (Lipinski definition) is 2. The van der Waals surface area contributed by atoms with Gasteiger partial charge < -0.3 is 10.6 Å². The first kappa shape index (κ1) is 16.5. The van der Waals surface area contributed by atoms with Gasteiger partial charge in [-0.05, 0) is 68.6 Å². The van der Waals surface area contributed by atoms with Crippen molar-refractivity contribution in [1.29, 1.82) is 0 Å². The maximum Gasteiger partial charge on any atom is 0.00218 e. The second-order valence-corrected chi connectivity index (χ2v) is 7.16. The highest BCUT2D eigenvalue weighted by Crippen LogP contribution is 2.23. The number of piperidine rings is 1. The Morgan fingerprint density at radius 2 is 1.81 bits per heavy atom. The first-order valence-electron chi connectivity index (χ1n) is 8.63. The largest absolute Gasteiger partial charge is 0.330 e. The number of benzene rings is 1. The Balaban J connectivity index is 1.72. The van der Waals surface area contributed by atoms with Crippen LogP contribution in [-0.2, 0) is 6.42 Å². The summed E-state index contributed by atoms with van der Waals surface area (Å²) in [4.78, 5) is 2.64. The monoisotopic (exact) mass is 288 g/mol. The average molecular weight is 288 g/mol. The molecule has 0 saturated carbocycles. The van der Waals surface area contributed by atoms with Gasteiger partial charge >= 0.3 is 0 Å². The van der Waals surface area contributed by atoms with Crippen molar-refractivity contribution < 1.29 is 0 Å². The van der Waals surface area contributed by atoms with Gasteiger partial charge in [0.15, 0.2) is 0 Å². The van der Waals surface area contributed by atoms with E-state index in [1.54, 1.807) is 0 Å². The third-order valence-electron chi connectivity index (χ3n) is 4.73. The maximum atomic E-state index is 5.94. The third-order valence-corrected chi connectivity index (χ3v) is 4.73. The molecule has 2 N–H and O–H groups in total. The number of hydrogen-bond donors (Lipinski definition) is 1. The van der Waals surface area contributed by atoms with Gasteiger partial charge in [0.25, 0.3) is 0 Å². The van der Waals surface area contributed by atoms with E-state index in [1.165, 1.54) is 50.9 Å². The summed E-state index contributed by atoms with van der Waals surface area (Å²) in [6.07, 6.45) is 5.20. The van der Waals surface area contributed by atoms with Crippen LogP contribution in [0.5, 0.6) is 0 Å². The zero-order valence-electron chi connectivity index (χ0n) is 13.8. The van der Waals surface area contributed by atoms with Gasteiger partial charge in [0.2, 0.25) is 0 Å². The first-order chi connectivity index (χ1) is 10.2. The van der Waals surface area contributed by atoms with Crippen molar-refractivity contribution in [2.24, 2.45) is 23.5 Å². The molecule has 0 radical (unpaired) electrons. The zero-order valence-corrected chi connectivity index (χ0v) is 13.8. The van der Waals surface area contributed by atoms with Crippen molar-refractivity contribution in [2.45, 2.75) is 39.5 Å². The van der Waals surface area contributed by atoms with E-state index in [2.05, 4.69) is 49.1 Å². The molecule has 0 amide bonds. The Bertz CT molecular complexity index is 380. The van der Waals surface area contributed by atoms with Crippen LogP contribution in [-0.4, -0.2) is 31.1 Å². The summed E-state index contributed by atoms with van der Waals surface area (Å²) in [7, 11) is 0. The Labute approximate surface area is 130 Å². The van der Waals surface area contributed by atoms with E-state index in [9.17, 15) is 0 Å². The van der Waals surface area contributed by atoms with Crippen molar-refractivity contribution in [1.82, 2.24) is 4.90 Å². The van der Waals surface area contributed by atoms with Gasteiger partial charge in [0.1, 0.15) is 0 Å². The Kier molecular flexibility index (Phi) is 6.72. The molecule has 21 heavy (non-hydrogen) atoms. The molecule has 1 aromatic carbocycles. The van der Waals surface area contributed by atoms with Crippen LogP contribution in [0, 0.1) is 17.8 Å². The minimum atomic E-state index is 0.677. The normalized spacial score (nSPS) is 19.0. The molecular formula is C19H32N2. The second kappa shape index (κ2) is 8.55. The summed E-state index contributed by atoms with van der Waals surface area (Å²) in [5.74, 6) is 2.30. The van der Waals surface area contributed by atoms with Crippen LogP contribution >= 0.6 is 0 Å². The summed E-state index contributed by atoms with van der Waals surface area (Å²) in [5, 5.41) is 0. The predicted molar refractivity (Wildman–Crippen MR) is 91.3 cm³/mol. The molecule has 0 aliphatic carbocycles. The maximum absolute atomic E-state index is 5.94. The molecule has 1 aromatic rings. The standard InChI is InChI=1S/C19H32N2/c1-16(2)12-19(14-20)15-21-10-8-18(9-11-21)13-17-6-4-3-5-7-17/h3-7,16,18-19H,8-15,20H2,1-2H3. The van der Waals surface area contributed by atoms with Gasteiger partial charge in [-0.3, -0.25) is 0 Å².